The number of nitrogens with one attached hydrogen (secondary N) is 1. The number of hydrogen-bond donors (Lipinski definition) is 1. The van der Waals surface area contributed by atoms with Gasteiger partial charge in [0.2, 0.25) is 0 Å². The molecule has 0 atom stereocenters. The van der Waals surface area contributed by atoms with Crippen LogP contribution in [0.2, 0.25) is 0 Å². The Morgan fingerprint density at radius 3 is 2.50 bits per heavy atom. The van der Waals surface area contributed by atoms with Crippen molar-refractivity contribution in [1.82, 2.24) is 19.9 Å². The second-order valence-corrected chi connectivity index (χ2v) is 6.81. The van der Waals surface area contributed by atoms with E-state index < -0.39 is 18.1 Å². The van der Waals surface area contributed by atoms with Crippen molar-refractivity contribution in [3.8, 4) is 11.3 Å². The van der Waals surface area contributed by atoms with Crippen LogP contribution in [0.3, 0.4) is 0 Å². The standard InChI is InChI=1S/C20H19F3N6O/c1-24-19-17-15(25-4-5-26-17)11-14(27-19)12-2-3-16(13(21)10-12)28-6-8-29(9-7-28)20(30)18(22)23/h2-5,10-11,18H,6-9H2,1H3,(H,24,27). The molecule has 156 valence electrons. The summed E-state index contributed by atoms with van der Waals surface area (Å²) in [5.41, 5.74) is 2.74. The number of piperazine rings is 1. The molecule has 1 amide bonds. The van der Waals surface area contributed by atoms with Crippen molar-refractivity contribution in [3.63, 3.8) is 0 Å². The molecule has 0 radical (unpaired) electrons. The summed E-state index contributed by atoms with van der Waals surface area (Å²) in [6.07, 6.45) is 0.135. The second kappa shape index (κ2) is 8.13. The minimum Gasteiger partial charge on any atom is -0.371 e. The molecule has 1 fully saturated rings. The molecule has 0 unspecified atom stereocenters. The van der Waals surface area contributed by atoms with Crippen LogP contribution in [0.1, 0.15) is 0 Å². The van der Waals surface area contributed by atoms with E-state index in [0.717, 1.165) is 4.90 Å². The quantitative estimate of drug-likeness (QED) is 0.705. The molecule has 0 saturated carbocycles. The van der Waals surface area contributed by atoms with Gasteiger partial charge in [0.05, 0.1) is 16.9 Å². The van der Waals surface area contributed by atoms with Gasteiger partial charge >= 0.3 is 6.43 Å². The maximum Gasteiger partial charge on any atom is 0.315 e. The zero-order valence-electron chi connectivity index (χ0n) is 16.1. The van der Waals surface area contributed by atoms with Gasteiger partial charge in [0, 0.05) is 51.2 Å². The Morgan fingerprint density at radius 1 is 1.10 bits per heavy atom. The fourth-order valence-corrected chi connectivity index (χ4v) is 3.52. The van der Waals surface area contributed by atoms with Crippen molar-refractivity contribution >= 4 is 28.4 Å². The molecule has 3 heterocycles. The van der Waals surface area contributed by atoms with E-state index in [1.807, 2.05) is 0 Å². The van der Waals surface area contributed by atoms with Gasteiger partial charge < -0.3 is 15.1 Å². The zero-order chi connectivity index (χ0) is 21.3. The van der Waals surface area contributed by atoms with Gasteiger partial charge in [0.1, 0.15) is 11.3 Å². The molecule has 7 nitrogen and oxygen atoms in total. The number of hydrogen-bond acceptors (Lipinski definition) is 6. The molecular weight excluding hydrogens is 397 g/mol. The Kier molecular flexibility index (Phi) is 5.39. The van der Waals surface area contributed by atoms with Crippen molar-refractivity contribution in [2.75, 3.05) is 43.4 Å². The molecular formula is C20H19F3N6O. The topological polar surface area (TPSA) is 74.2 Å². The van der Waals surface area contributed by atoms with Crippen LogP contribution in [0, 0.1) is 5.82 Å². The van der Waals surface area contributed by atoms with E-state index >= 15 is 0 Å². The number of aromatic nitrogens is 3. The van der Waals surface area contributed by atoms with Gasteiger partial charge in [-0.3, -0.25) is 9.78 Å². The zero-order valence-corrected chi connectivity index (χ0v) is 16.1. The Hall–Kier alpha value is -3.43. The summed E-state index contributed by atoms with van der Waals surface area (Å²) in [6.45, 7) is 0.812. The van der Waals surface area contributed by atoms with E-state index in [-0.39, 0.29) is 26.2 Å². The van der Waals surface area contributed by atoms with Crippen LogP contribution in [-0.2, 0) is 4.79 Å². The van der Waals surface area contributed by atoms with Gasteiger partial charge in [0.15, 0.2) is 5.82 Å². The summed E-state index contributed by atoms with van der Waals surface area (Å²) in [4.78, 5) is 27.3. The minimum absolute atomic E-state index is 0.126. The van der Waals surface area contributed by atoms with Crippen LogP contribution >= 0.6 is 0 Å². The maximum atomic E-state index is 14.9. The van der Waals surface area contributed by atoms with Gasteiger partial charge in [0.25, 0.3) is 5.91 Å². The van der Waals surface area contributed by atoms with E-state index in [2.05, 4.69) is 20.3 Å². The normalized spacial score (nSPS) is 14.4. The van der Waals surface area contributed by atoms with Crippen molar-refractivity contribution in [3.05, 3.63) is 42.5 Å². The summed E-state index contributed by atoms with van der Waals surface area (Å²) in [6, 6.07) is 6.51. The molecule has 30 heavy (non-hydrogen) atoms. The predicted octanol–water partition coefficient (Wildman–Crippen LogP) is 2.79. The number of amides is 1. The molecule has 0 spiro atoms. The number of halogens is 3. The van der Waals surface area contributed by atoms with Crippen molar-refractivity contribution in [2.45, 2.75) is 6.43 Å². The molecule has 4 rings (SSSR count). The lowest BCUT2D eigenvalue weighted by Gasteiger charge is -2.36. The van der Waals surface area contributed by atoms with Gasteiger partial charge in [-0.25, -0.2) is 14.4 Å². The number of alkyl halides is 2. The number of anilines is 2. The molecule has 1 N–H and O–H groups in total. The average molecular weight is 416 g/mol. The smallest absolute Gasteiger partial charge is 0.315 e. The Morgan fingerprint density at radius 2 is 1.83 bits per heavy atom. The fraction of sp³-hybridized carbons (Fsp3) is 0.300. The largest absolute Gasteiger partial charge is 0.371 e. The third-order valence-corrected chi connectivity index (χ3v) is 5.06. The van der Waals surface area contributed by atoms with Crippen molar-refractivity contribution in [1.29, 1.82) is 0 Å². The third-order valence-electron chi connectivity index (χ3n) is 5.06. The highest BCUT2D eigenvalue weighted by molar-refractivity contribution is 5.88. The highest BCUT2D eigenvalue weighted by Gasteiger charge is 2.27. The summed E-state index contributed by atoms with van der Waals surface area (Å²) in [5.74, 6) is -1.09. The first-order chi connectivity index (χ1) is 14.5. The minimum atomic E-state index is -3.02. The monoisotopic (exact) mass is 416 g/mol. The van der Waals surface area contributed by atoms with Crippen LogP contribution in [0.15, 0.2) is 36.7 Å². The van der Waals surface area contributed by atoms with E-state index in [1.54, 1.807) is 42.5 Å². The van der Waals surface area contributed by atoms with E-state index in [1.165, 1.54) is 6.07 Å². The van der Waals surface area contributed by atoms with Crippen LogP contribution in [0.5, 0.6) is 0 Å². The number of carbonyl (C=O) groups is 1. The fourth-order valence-electron chi connectivity index (χ4n) is 3.52. The van der Waals surface area contributed by atoms with Crippen LogP contribution in [-0.4, -0.2) is 65.4 Å². The molecule has 1 saturated heterocycles. The summed E-state index contributed by atoms with van der Waals surface area (Å²) < 4.78 is 40.0. The lowest BCUT2D eigenvalue weighted by Crippen LogP contribution is -2.50. The first kappa shape index (κ1) is 19.9. The number of fused-ring (bicyclic) bond motifs is 1. The number of carbonyl (C=O) groups excluding carboxylic acids is 1. The predicted molar refractivity (Wildman–Crippen MR) is 107 cm³/mol. The number of nitrogens with zero attached hydrogens (tertiary/aromatic N) is 5. The molecule has 3 aromatic rings. The van der Waals surface area contributed by atoms with Crippen LogP contribution in [0.25, 0.3) is 22.3 Å². The Labute approximate surface area is 170 Å². The highest BCUT2D eigenvalue weighted by atomic mass is 19.3. The summed E-state index contributed by atoms with van der Waals surface area (Å²) >= 11 is 0. The number of benzene rings is 1. The molecule has 0 bridgehead atoms. The maximum absolute atomic E-state index is 14.9. The Balaban J connectivity index is 1.57. The third kappa shape index (κ3) is 3.72. The summed E-state index contributed by atoms with van der Waals surface area (Å²) in [7, 11) is 1.72. The summed E-state index contributed by atoms with van der Waals surface area (Å²) in [5, 5.41) is 2.98. The van der Waals surface area contributed by atoms with Gasteiger partial charge in [-0.15, -0.1) is 0 Å². The lowest BCUT2D eigenvalue weighted by atomic mass is 10.1. The van der Waals surface area contributed by atoms with Gasteiger partial charge in [-0.2, -0.15) is 8.78 Å². The number of pyridine rings is 1. The molecule has 0 aliphatic carbocycles. The van der Waals surface area contributed by atoms with Crippen molar-refractivity contribution in [2.24, 2.45) is 0 Å². The van der Waals surface area contributed by atoms with Crippen molar-refractivity contribution < 1.29 is 18.0 Å². The van der Waals surface area contributed by atoms with E-state index in [4.69, 9.17) is 0 Å². The number of rotatable bonds is 4. The van der Waals surface area contributed by atoms with E-state index in [0.29, 0.717) is 33.8 Å². The molecule has 1 aromatic carbocycles. The molecule has 2 aromatic heterocycles. The van der Waals surface area contributed by atoms with Gasteiger partial charge in [-0.05, 0) is 18.2 Å². The van der Waals surface area contributed by atoms with Crippen LogP contribution < -0.4 is 10.2 Å². The second-order valence-electron chi connectivity index (χ2n) is 6.81. The molecule has 1 aliphatic heterocycles. The van der Waals surface area contributed by atoms with Gasteiger partial charge in [-0.1, -0.05) is 6.07 Å². The first-order valence-corrected chi connectivity index (χ1v) is 9.39. The molecule has 10 heteroatoms. The van der Waals surface area contributed by atoms with Crippen LogP contribution in [0.4, 0.5) is 24.7 Å². The first-order valence-electron chi connectivity index (χ1n) is 9.39. The average Bonchev–Trinajstić information content (AvgIpc) is 2.77. The van der Waals surface area contributed by atoms with E-state index in [9.17, 15) is 18.0 Å². The lowest BCUT2D eigenvalue weighted by molar-refractivity contribution is -0.143. The highest BCUT2D eigenvalue weighted by Crippen LogP contribution is 2.29. The SMILES string of the molecule is CNc1nc(-c2ccc(N3CCN(C(=O)C(F)F)CC3)c(F)c2)cc2nccnc12. The Bertz CT molecular complexity index is 1090. The molecule has 1 aliphatic rings.